The van der Waals surface area contributed by atoms with E-state index in [0.717, 1.165) is 29.8 Å². The number of hydrogen-bond acceptors (Lipinski definition) is 4. The Morgan fingerprint density at radius 2 is 2.09 bits per heavy atom. The Balaban J connectivity index is 2.03. The van der Waals surface area contributed by atoms with Crippen LogP contribution in [0.15, 0.2) is 0 Å². The molecular weight excluding hydrogens is 316 g/mol. The van der Waals surface area contributed by atoms with E-state index in [9.17, 15) is 13.2 Å². The van der Waals surface area contributed by atoms with E-state index in [2.05, 4.69) is 22.4 Å². The van der Waals surface area contributed by atoms with Crippen LogP contribution in [0.5, 0.6) is 0 Å². The fourth-order valence-corrected chi connectivity index (χ4v) is 4.08. The van der Waals surface area contributed by atoms with Gasteiger partial charge in [-0.25, -0.2) is 8.42 Å². The van der Waals surface area contributed by atoms with Crippen molar-refractivity contribution in [3.8, 4) is 0 Å². The average Bonchev–Trinajstić information content (AvgIpc) is 2.98. The number of carbonyl (C=O) groups excluding carboxylic acids is 1. The van der Waals surface area contributed by atoms with Gasteiger partial charge in [0.2, 0.25) is 15.9 Å². The lowest BCUT2D eigenvalue weighted by Crippen LogP contribution is -2.41. The number of hydrogen-bond donors (Lipinski definition) is 2. The van der Waals surface area contributed by atoms with Crippen molar-refractivity contribution in [1.29, 1.82) is 0 Å². The van der Waals surface area contributed by atoms with Gasteiger partial charge in [0.05, 0.1) is 18.4 Å². The average molecular weight is 342 g/mol. The van der Waals surface area contributed by atoms with Crippen LogP contribution in [0.2, 0.25) is 0 Å². The smallest absolute Gasteiger partial charge is 0.224 e. The van der Waals surface area contributed by atoms with E-state index in [0.29, 0.717) is 13.1 Å². The molecular formula is C15H26N4O3S. The molecule has 23 heavy (non-hydrogen) atoms. The molecule has 0 spiro atoms. The molecule has 8 heteroatoms. The van der Waals surface area contributed by atoms with Crippen molar-refractivity contribution < 1.29 is 13.2 Å². The van der Waals surface area contributed by atoms with Crippen molar-refractivity contribution in [2.75, 3.05) is 19.3 Å². The minimum Gasteiger partial charge on any atom is -0.351 e. The van der Waals surface area contributed by atoms with Gasteiger partial charge in [0.15, 0.2) is 0 Å². The lowest BCUT2D eigenvalue weighted by atomic mass is 9.98. The Hall–Kier alpha value is -1.41. The Bertz CT molecular complexity index is 649. The molecule has 0 radical (unpaired) electrons. The molecule has 1 aliphatic heterocycles. The third-order valence-electron chi connectivity index (χ3n) is 4.50. The Kier molecular flexibility index (Phi) is 5.46. The normalized spacial score (nSPS) is 22.4. The van der Waals surface area contributed by atoms with Crippen LogP contribution >= 0.6 is 0 Å². The molecule has 2 atom stereocenters. The number of H-pyrrole nitrogens is 1. The maximum Gasteiger partial charge on any atom is 0.224 e. The lowest BCUT2D eigenvalue weighted by molar-refractivity contribution is -0.121. The highest BCUT2D eigenvalue weighted by atomic mass is 32.2. The number of nitrogens with one attached hydrogen (secondary N) is 2. The fourth-order valence-electron chi connectivity index (χ4n) is 3.18. The number of amides is 1. The lowest BCUT2D eigenvalue weighted by Gasteiger charge is -2.19. The van der Waals surface area contributed by atoms with Gasteiger partial charge in [-0.2, -0.15) is 9.40 Å². The molecule has 2 heterocycles. The van der Waals surface area contributed by atoms with E-state index < -0.39 is 10.0 Å². The van der Waals surface area contributed by atoms with Gasteiger partial charge in [0, 0.05) is 30.4 Å². The number of sulfonamides is 1. The van der Waals surface area contributed by atoms with Crippen LogP contribution in [0.1, 0.15) is 36.7 Å². The van der Waals surface area contributed by atoms with Crippen molar-refractivity contribution in [3.63, 3.8) is 0 Å². The molecule has 7 nitrogen and oxygen atoms in total. The number of rotatable bonds is 6. The van der Waals surface area contributed by atoms with Gasteiger partial charge < -0.3 is 5.32 Å². The van der Waals surface area contributed by atoms with E-state index in [-0.39, 0.29) is 24.3 Å². The quantitative estimate of drug-likeness (QED) is 0.797. The summed E-state index contributed by atoms with van der Waals surface area (Å²) in [5, 5.41) is 9.99. The molecule has 1 fully saturated rings. The van der Waals surface area contributed by atoms with Gasteiger partial charge in [-0.05, 0) is 26.2 Å². The second kappa shape index (κ2) is 7.00. The van der Waals surface area contributed by atoms with Crippen LogP contribution in [0.3, 0.4) is 0 Å². The topological polar surface area (TPSA) is 95.2 Å². The molecule has 0 aliphatic carbocycles. The molecule has 2 N–H and O–H groups in total. The summed E-state index contributed by atoms with van der Waals surface area (Å²) in [6.45, 7) is 6.68. The number of nitrogens with zero attached hydrogens (tertiary/aromatic N) is 2. The number of aryl methyl sites for hydroxylation is 2. The van der Waals surface area contributed by atoms with Crippen molar-refractivity contribution in [2.24, 2.45) is 5.92 Å². The first-order valence-corrected chi connectivity index (χ1v) is 9.82. The second-order valence-electron chi connectivity index (χ2n) is 6.39. The number of carbonyl (C=O) groups is 1. The van der Waals surface area contributed by atoms with Crippen molar-refractivity contribution in [2.45, 2.75) is 46.1 Å². The van der Waals surface area contributed by atoms with E-state index in [1.165, 1.54) is 10.6 Å². The largest absolute Gasteiger partial charge is 0.351 e. The molecule has 130 valence electrons. The summed E-state index contributed by atoms with van der Waals surface area (Å²) in [5.41, 5.74) is 2.63. The van der Waals surface area contributed by atoms with E-state index in [1.54, 1.807) is 0 Å². The highest BCUT2D eigenvalue weighted by Gasteiger charge is 2.37. The van der Waals surface area contributed by atoms with Gasteiger partial charge >= 0.3 is 0 Å². The van der Waals surface area contributed by atoms with Crippen molar-refractivity contribution in [1.82, 2.24) is 19.8 Å². The zero-order valence-corrected chi connectivity index (χ0v) is 15.0. The zero-order valence-electron chi connectivity index (χ0n) is 14.2. The molecule has 2 unspecified atom stereocenters. The van der Waals surface area contributed by atoms with Crippen LogP contribution in [0.4, 0.5) is 0 Å². The van der Waals surface area contributed by atoms with Crippen molar-refractivity contribution in [3.05, 3.63) is 17.0 Å². The molecule has 0 aromatic carbocycles. The van der Waals surface area contributed by atoms with E-state index in [4.69, 9.17) is 0 Å². The first-order valence-electron chi connectivity index (χ1n) is 7.97. The summed E-state index contributed by atoms with van der Waals surface area (Å²) in [6.07, 6.45) is 3.36. The Morgan fingerprint density at radius 1 is 1.39 bits per heavy atom. The Morgan fingerprint density at radius 3 is 2.61 bits per heavy atom. The molecule has 0 saturated carbocycles. The van der Waals surface area contributed by atoms with Crippen molar-refractivity contribution >= 4 is 15.9 Å². The minimum atomic E-state index is -3.22. The number of aromatic nitrogens is 2. The molecule has 1 aromatic heterocycles. The van der Waals surface area contributed by atoms with Gasteiger partial charge in [0.1, 0.15) is 0 Å². The summed E-state index contributed by atoms with van der Waals surface area (Å²) in [6, 6.07) is -0.121. The SMILES string of the molecule is CCCC1CN(S(C)(=O)=O)CC1NC(=O)Cc1c(C)n[nH]c1C. The predicted molar refractivity (Wildman–Crippen MR) is 88.5 cm³/mol. The van der Waals surface area contributed by atoms with Crippen LogP contribution in [-0.4, -0.2) is 54.2 Å². The van der Waals surface area contributed by atoms with E-state index in [1.807, 2.05) is 13.8 Å². The molecule has 2 rings (SSSR count). The molecule has 1 saturated heterocycles. The van der Waals surface area contributed by atoms with Crippen LogP contribution in [-0.2, 0) is 21.2 Å². The third kappa shape index (κ3) is 4.32. The van der Waals surface area contributed by atoms with E-state index >= 15 is 0 Å². The minimum absolute atomic E-state index is 0.0842. The van der Waals surface area contributed by atoms with Crippen LogP contribution in [0.25, 0.3) is 0 Å². The highest BCUT2D eigenvalue weighted by molar-refractivity contribution is 7.88. The van der Waals surface area contributed by atoms with Gasteiger partial charge in [-0.1, -0.05) is 13.3 Å². The molecule has 1 amide bonds. The summed E-state index contributed by atoms with van der Waals surface area (Å²) < 4.78 is 25.0. The zero-order chi connectivity index (χ0) is 17.2. The standard InChI is InChI=1S/C15H26N4O3S/c1-5-6-12-8-19(23(4,21)22)9-14(12)16-15(20)7-13-10(2)17-18-11(13)3/h12,14H,5-9H2,1-4H3,(H,16,20)(H,17,18). The monoisotopic (exact) mass is 342 g/mol. The Labute approximate surface area is 137 Å². The fraction of sp³-hybridized carbons (Fsp3) is 0.733. The first kappa shape index (κ1) is 17.9. The third-order valence-corrected chi connectivity index (χ3v) is 5.74. The maximum absolute atomic E-state index is 12.4. The summed E-state index contributed by atoms with van der Waals surface area (Å²) >= 11 is 0. The van der Waals surface area contributed by atoms with Gasteiger partial charge in [-0.3, -0.25) is 9.89 Å². The molecule has 0 bridgehead atoms. The highest BCUT2D eigenvalue weighted by Crippen LogP contribution is 2.24. The van der Waals surface area contributed by atoms with Crippen LogP contribution in [0, 0.1) is 19.8 Å². The summed E-state index contributed by atoms with van der Waals surface area (Å²) in [7, 11) is -3.22. The predicted octanol–water partition coefficient (Wildman–Crippen LogP) is 0.745. The van der Waals surface area contributed by atoms with Crippen LogP contribution < -0.4 is 5.32 Å². The molecule has 1 aromatic rings. The summed E-state index contributed by atoms with van der Waals surface area (Å²) in [4.78, 5) is 12.4. The van der Waals surface area contributed by atoms with Gasteiger partial charge in [-0.15, -0.1) is 0 Å². The molecule has 1 aliphatic rings. The summed E-state index contributed by atoms with van der Waals surface area (Å²) in [5.74, 6) is 0.0873. The maximum atomic E-state index is 12.4. The first-order chi connectivity index (χ1) is 10.7. The second-order valence-corrected chi connectivity index (χ2v) is 8.37. The number of aromatic amines is 1. The van der Waals surface area contributed by atoms with Gasteiger partial charge in [0.25, 0.3) is 0 Å².